The summed E-state index contributed by atoms with van der Waals surface area (Å²) in [5.74, 6) is -0.998. The molecule has 1 aromatic heterocycles. The molecular weight excluding hydrogens is 278 g/mol. The van der Waals surface area contributed by atoms with Gasteiger partial charge in [0.25, 0.3) is 0 Å². The minimum atomic E-state index is -0.998. The van der Waals surface area contributed by atoms with Gasteiger partial charge in [0.2, 0.25) is 0 Å². The normalized spacial score (nSPS) is 10.6. The van der Waals surface area contributed by atoms with Crippen LogP contribution in [0.5, 0.6) is 0 Å². The number of carbonyl (C=O) groups is 1. The number of carboxylic acid groups (broad SMARTS) is 1. The predicted octanol–water partition coefficient (Wildman–Crippen LogP) is 3.12. The molecule has 0 saturated carbocycles. The highest BCUT2D eigenvalue weighted by molar-refractivity contribution is 5.70. The van der Waals surface area contributed by atoms with Crippen LogP contribution in [0.2, 0.25) is 0 Å². The van der Waals surface area contributed by atoms with Crippen LogP contribution in [0.15, 0.2) is 41.3 Å². The van der Waals surface area contributed by atoms with E-state index in [1.807, 2.05) is 23.6 Å². The molecule has 1 aromatic carbocycles. The Morgan fingerprint density at radius 3 is 2.50 bits per heavy atom. The lowest BCUT2D eigenvalue weighted by Gasteiger charge is -2.13. The molecule has 0 spiro atoms. The van der Waals surface area contributed by atoms with E-state index in [2.05, 4.69) is 19.1 Å². The summed E-state index contributed by atoms with van der Waals surface area (Å²) in [5.41, 5.74) is 3.09. The first-order chi connectivity index (χ1) is 10.5. The first-order valence-electron chi connectivity index (χ1n) is 7.54. The van der Waals surface area contributed by atoms with E-state index in [1.165, 1.54) is 24.5 Å². The van der Waals surface area contributed by atoms with Crippen LogP contribution in [0, 0.1) is 6.92 Å². The number of aryl methyl sites for hydroxylation is 2. The highest BCUT2D eigenvalue weighted by Gasteiger charge is 2.09. The van der Waals surface area contributed by atoms with E-state index in [1.54, 1.807) is 6.20 Å². The van der Waals surface area contributed by atoms with Gasteiger partial charge >= 0.3 is 5.97 Å². The summed E-state index contributed by atoms with van der Waals surface area (Å²) < 4.78 is 1.86. The summed E-state index contributed by atoms with van der Waals surface area (Å²) >= 11 is 0. The third kappa shape index (κ3) is 3.85. The Morgan fingerprint density at radius 2 is 1.91 bits per heavy atom. The molecule has 2 rings (SSSR count). The number of pyridine rings is 1. The van der Waals surface area contributed by atoms with Crippen LogP contribution in [0.1, 0.15) is 36.6 Å². The third-order valence-electron chi connectivity index (χ3n) is 3.70. The van der Waals surface area contributed by atoms with Gasteiger partial charge in [-0.1, -0.05) is 25.5 Å². The van der Waals surface area contributed by atoms with E-state index in [4.69, 9.17) is 5.11 Å². The number of aliphatic carboxylic acids is 1. The molecule has 0 saturated heterocycles. The molecule has 0 radical (unpaired) electrons. The highest BCUT2D eigenvalue weighted by atomic mass is 16.4. The van der Waals surface area contributed by atoms with Crippen LogP contribution in [0.4, 0.5) is 0 Å². The summed E-state index contributed by atoms with van der Waals surface area (Å²) in [6.45, 7) is 4.01. The first kappa shape index (κ1) is 16.0. The van der Waals surface area contributed by atoms with Crippen molar-refractivity contribution in [1.82, 2.24) is 4.57 Å². The van der Waals surface area contributed by atoms with Crippen molar-refractivity contribution in [3.63, 3.8) is 0 Å². The maximum atomic E-state index is 11.9. The number of aromatic nitrogens is 1. The zero-order valence-corrected chi connectivity index (χ0v) is 13.0. The topological polar surface area (TPSA) is 59.3 Å². The van der Waals surface area contributed by atoms with Crippen LogP contribution in [-0.4, -0.2) is 15.6 Å². The molecule has 22 heavy (non-hydrogen) atoms. The average molecular weight is 299 g/mol. The van der Waals surface area contributed by atoms with Gasteiger partial charge in [-0.25, -0.2) is 0 Å². The molecule has 1 N–H and O–H groups in total. The number of rotatable bonds is 6. The monoisotopic (exact) mass is 299 g/mol. The number of benzene rings is 1. The third-order valence-corrected chi connectivity index (χ3v) is 3.70. The van der Waals surface area contributed by atoms with Crippen molar-refractivity contribution in [3.05, 3.63) is 63.6 Å². The standard InChI is InChI=1S/C18H21NO3/c1-3-4-5-14-6-8-16(9-7-14)19-12-15(11-18(21)22)17(20)10-13(19)2/h6-10,12H,3-5,11H2,1-2H3,(H,21,22). The average Bonchev–Trinajstić information content (AvgIpc) is 2.48. The van der Waals surface area contributed by atoms with Crippen molar-refractivity contribution >= 4 is 5.97 Å². The molecule has 0 amide bonds. The molecule has 0 unspecified atom stereocenters. The first-order valence-corrected chi connectivity index (χ1v) is 7.54. The summed E-state index contributed by atoms with van der Waals surface area (Å²) in [6, 6.07) is 9.67. The summed E-state index contributed by atoms with van der Waals surface area (Å²) in [4.78, 5) is 22.7. The van der Waals surface area contributed by atoms with Gasteiger partial charge in [0.1, 0.15) is 0 Å². The van der Waals surface area contributed by atoms with Crippen LogP contribution in [-0.2, 0) is 17.6 Å². The SMILES string of the molecule is CCCCc1ccc(-n2cc(CC(=O)O)c(=O)cc2C)cc1. The molecule has 0 fully saturated rings. The van der Waals surface area contributed by atoms with Gasteiger partial charge in [0.05, 0.1) is 6.42 Å². The Balaban J connectivity index is 2.35. The molecule has 4 heteroatoms. The van der Waals surface area contributed by atoms with Gasteiger partial charge < -0.3 is 9.67 Å². The zero-order valence-electron chi connectivity index (χ0n) is 13.0. The second kappa shape index (κ2) is 7.07. The van der Waals surface area contributed by atoms with Gasteiger partial charge in [0.15, 0.2) is 5.43 Å². The summed E-state index contributed by atoms with van der Waals surface area (Å²) in [7, 11) is 0. The Hall–Kier alpha value is -2.36. The lowest BCUT2D eigenvalue weighted by atomic mass is 10.1. The van der Waals surface area contributed by atoms with E-state index in [9.17, 15) is 9.59 Å². The molecule has 2 aromatic rings. The maximum absolute atomic E-state index is 11.9. The number of unbranched alkanes of at least 4 members (excludes halogenated alkanes) is 1. The van der Waals surface area contributed by atoms with Gasteiger partial charge in [-0.05, 0) is 37.5 Å². The minimum Gasteiger partial charge on any atom is -0.481 e. The highest BCUT2D eigenvalue weighted by Crippen LogP contribution is 2.14. The van der Waals surface area contributed by atoms with Gasteiger partial charge in [0, 0.05) is 29.2 Å². The quantitative estimate of drug-likeness (QED) is 0.891. The number of hydrogen-bond acceptors (Lipinski definition) is 2. The molecule has 0 atom stereocenters. The minimum absolute atomic E-state index is 0.226. The fraction of sp³-hybridized carbons (Fsp3) is 0.333. The van der Waals surface area contributed by atoms with E-state index < -0.39 is 5.97 Å². The van der Waals surface area contributed by atoms with E-state index in [0.717, 1.165) is 17.8 Å². The Labute approximate surface area is 130 Å². The molecule has 4 nitrogen and oxygen atoms in total. The summed E-state index contributed by atoms with van der Waals surface area (Å²) in [5, 5.41) is 8.89. The van der Waals surface area contributed by atoms with Crippen LogP contribution in [0.25, 0.3) is 5.69 Å². The van der Waals surface area contributed by atoms with Gasteiger partial charge in [-0.2, -0.15) is 0 Å². The fourth-order valence-corrected chi connectivity index (χ4v) is 2.45. The number of carboxylic acids is 1. The second-order valence-corrected chi connectivity index (χ2v) is 5.51. The van der Waals surface area contributed by atoms with Gasteiger partial charge in [-0.15, -0.1) is 0 Å². The van der Waals surface area contributed by atoms with Gasteiger partial charge in [-0.3, -0.25) is 9.59 Å². The number of nitrogens with zero attached hydrogens (tertiary/aromatic N) is 1. The maximum Gasteiger partial charge on any atom is 0.308 e. The van der Waals surface area contributed by atoms with Crippen molar-refractivity contribution in [1.29, 1.82) is 0 Å². The lowest BCUT2D eigenvalue weighted by molar-refractivity contribution is -0.136. The molecule has 116 valence electrons. The van der Waals surface area contributed by atoms with Crippen molar-refractivity contribution < 1.29 is 9.90 Å². The smallest absolute Gasteiger partial charge is 0.308 e. The molecule has 0 aliphatic carbocycles. The molecule has 0 aliphatic heterocycles. The zero-order chi connectivity index (χ0) is 16.1. The summed E-state index contributed by atoms with van der Waals surface area (Å²) in [6.07, 6.45) is 4.77. The largest absolute Gasteiger partial charge is 0.481 e. The van der Waals surface area contributed by atoms with E-state index in [-0.39, 0.29) is 11.8 Å². The van der Waals surface area contributed by atoms with Crippen molar-refractivity contribution in [2.24, 2.45) is 0 Å². The lowest BCUT2D eigenvalue weighted by Crippen LogP contribution is -2.17. The van der Waals surface area contributed by atoms with E-state index in [0.29, 0.717) is 5.56 Å². The van der Waals surface area contributed by atoms with Crippen LogP contribution in [0.3, 0.4) is 0 Å². The molecular formula is C18H21NO3. The van der Waals surface area contributed by atoms with Crippen LogP contribution < -0.4 is 5.43 Å². The second-order valence-electron chi connectivity index (χ2n) is 5.51. The molecule has 1 heterocycles. The number of hydrogen-bond donors (Lipinski definition) is 1. The van der Waals surface area contributed by atoms with Crippen molar-refractivity contribution in [2.45, 2.75) is 39.5 Å². The Kier molecular flexibility index (Phi) is 5.15. The van der Waals surface area contributed by atoms with Crippen LogP contribution >= 0.6 is 0 Å². The fourth-order valence-electron chi connectivity index (χ4n) is 2.45. The van der Waals surface area contributed by atoms with E-state index >= 15 is 0 Å². The Bertz CT molecular complexity index is 714. The van der Waals surface area contributed by atoms with Crippen molar-refractivity contribution in [3.8, 4) is 5.69 Å². The molecule has 0 bridgehead atoms. The Morgan fingerprint density at radius 1 is 1.23 bits per heavy atom. The molecule has 0 aliphatic rings. The predicted molar refractivity (Wildman–Crippen MR) is 86.7 cm³/mol. The van der Waals surface area contributed by atoms with Crippen molar-refractivity contribution in [2.75, 3.05) is 0 Å².